The van der Waals surface area contributed by atoms with Gasteiger partial charge in [-0.3, -0.25) is 9.36 Å². The van der Waals surface area contributed by atoms with Crippen molar-refractivity contribution < 1.29 is 8.42 Å². The summed E-state index contributed by atoms with van der Waals surface area (Å²) in [4.78, 5) is 21.8. The Labute approximate surface area is 79.4 Å². The molecule has 7 nitrogen and oxygen atoms in total. The van der Waals surface area contributed by atoms with Crippen molar-refractivity contribution in [2.75, 3.05) is 0 Å². The predicted molar refractivity (Wildman–Crippen MR) is 48.3 cm³/mol. The van der Waals surface area contributed by atoms with Gasteiger partial charge in [-0.25, -0.2) is 18.4 Å². The molecule has 1 heterocycles. The maximum Gasteiger partial charge on any atom is 0.330 e. The minimum absolute atomic E-state index is 0.595. The molecule has 1 aromatic heterocycles. The third-order valence-corrected chi connectivity index (χ3v) is 2.61. The first-order chi connectivity index (χ1) is 6.25. The molecule has 0 spiro atoms. The van der Waals surface area contributed by atoms with E-state index in [9.17, 15) is 18.0 Å². The molecule has 0 saturated heterocycles. The van der Waals surface area contributed by atoms with Gasteiger partial charge in [0.05, 0.1) is 0 Å². The molecule has 0 fully saturated rings. The molecule has 14 heavy (non-hydrogen) atoms. The van der Waals surface area contributed by atoms with Crippen molar-refractivity contribution in [3.8, 4) is 0 Å². The molecule has 0 bridgehead atoms. The second-order valence-electron chi connectivity index (χ2n) is 2.80. The lowest BCUT2D eigenvalue weighted by Gasteiger charge is -2.03. The van der Waals surface area contributed by atoms with Crippen LogP contribution in [-0.2, 0) is 24.1 Å². The fraction of sp³-hybridized carbons (Fsp3) is 0.333. The van der Waals surface area contributed by atoms with Crippen LogP contribution in [0.3, 0.4) is 0 Å². The lowest BCUT2D eigenvalue weighted by atomic mass is 10.6. The van der Waals surface area contributed by atoms with Gasteiger partial charge in [0.25, 0.3) is 5.56 Å². The van der Waals surface area contributed by atoms with Crippen LogP contribution in [0.15, 0.2) is 20.7 Å². The summed E-state index contributed by atoms with van der Waals surface area (Å²) in [5, 5.41) is 4.79. The van der Waals surface area contributed by atoms with E-state index in [0.29, 0.717) is 4.57 Å². The highest BCUT2D eigenvalue weighted by molar-refractivity contribution is 7.89. The van der Waals surface area contributed by atoms with E-state index >= 15 is 0 Å². The molecule has 0 amide bonds. The number of hydrogen-bond acceptors (Lipinski definition) is 4. The van der Waals surface area contributed by atoms with E-state index in [2.05, 4.69) is 0 Å². The van der Waals surface area contributed by atoms with E-state index < -0.39 is 26.2 Å². The van der Waals surface area contributed by atoms with E-state index in [0.717, 1.165) is 10.8 Å². The van der Waals surface area contributed by atoms with Crippen LogP contribution in [0, 0.1) is 0 Å². The summed E-state index contributed by atoms with van der Waals surface area (Å²) in [5.41, 5.74) is -1.53. The largest absolute Gasteiger partial charge is 0.330 e. The standard InChI is InChI=1S/C6H9N3O4S/c1-8-3-4(14(7,12)13)5(10)9(2)6(8)11/h3H,1-2H3,(H2,7,12,13). The van der Waals surface area contributed by atoms with Crippen LogP contribution in [0.25, 0.3) is 0 Å². The molecular formula is C6H9N3O4S. The minimum Gasteiger partial charge on any atom is -0.302 e. The number of aromatic nitrogens is 2. The molecule has 0 aromatic carbocycles. The molecule has 1 aromatic rings. The normalized spacial score (nSPS) is 11.6. The third kappa shape index (κ3) is 1.61. The summed E-state index contributed by atoms with van der Waals surface area (Å²) >= 11 is 0. The zero-order chi connectivity index (χ0) is 11.1. The fourth-order valence-electron chi connectivity index (χ4n) is 0.970. The summed E-state index contributed by atoms with van der Waals surface area (Å²) in [5.74, 6) is 0. The van der Waals surface area contributed by atoms with E-state index in [4.69, 9.17) is 5.14 Å². The second kappa shape index (κ2) is 3.07. The minimum atomic E-state index is -4.09. The Bertz CT molecular complexity index is 580. The maximum atomic E-state index is 11.3. The maximum absolute atomic E-state index is 11.3. The van der Waals surface area contributed by atoms with Crippen molar-refractivity contribution in [3.63, 3.8) is 0 Å². The van der Waals surface area contributed by atoms with Gasteiger partial charge in [-0.15, -0.1) is 0 Å². The zero-order valence-electron chi connectivity index (χ0n) is 7.59. The van der Waals surface area contributed by atoms with Gasteiger partial charge >= 0.3 is 5.69 Å². The van der Waals surface area contributed by atoms with Gasteiger partial charge in [-0.05, 0) is 0 Å². The first-order valence-corrected chi connectivity index (χ1v) is 5.09. The molecular weight excluding hydrogens is 210 g/mol. The van der Waals surface area contributed by atoms with E-state index in [1.807, 2.05) is 0 Å². The van der Waals surface area contributed by atoms with Crippen LogP contribution in [-0.4, -0.2) is 17.6 Å². The van der Waals surface area contributed by atoms with Crippen LogP contribution < -0.4 is 16.4 Å². The summed E-state index contributed by atoms with van der Waals surface area (Å²) in [6, 6.07) is 0. The van der Waals surface area contributed by atoms with E-state index in [-0.39, 0.29) is 0 Å². The Morgan fingerprint density at radius 1 is 1.29 bits per heavy atom. The van der Waals surface area contributed by atoms with Crippen LogP contribution in [0.5, 0.6) is 0 Å². The molecule has 0 atom stereocenters. The zero-order valence-corrected chi connectivity index (χ0v) is 8.41. The number of nitrogens with two attached hydrogens (primary N) is 1. The molecule has 0 radical (unpaired) electrons. The Balaban J connectivity index is 3.85. The Morgan fingerprint density at radius 2 is 1.79 bits per heavy atom. The van der Waals surface area contributed by atoms with Gasteiger partial charge in [-0.1, -0.05) is 0 Å². The van der Waals surface area contributed by atoms with Gasteiger partial charge in [-0.2, -0.15) is 0 Å². The van der Waals surface area contributed by atoms with Gasteiger partial charge in [0.15, 0.2) is 4.90 Å². The van der Waals surface area contributed by atoms with Crippen molar-refractivity contribution in [3.05, 3.63) is 27.0 Å². The van der Waals surface area contributed by atoms with Crippen molar-refractivity contribution >= 4 is 10.0 Å². The highest BCUT2D eigenvalue weighted by atomic mass is 32.2. The quantitative estimate of drug-likeness (QED) is 0.575. The van der Waals surface area contributed by atoms with Gasteiger partial charge in [0, 0.05) is 20.3 Å². The molecule has 0 aliphatic rings. The number of rotatable bonds is 1. The highest BCUT2D eigenvalue weighted by Gasteiger charge is 2.16. The third-order valence-electron chi connectivity index (χ3n) is 1.72. The SMILES string of the molecule is Cn1cc(S(N)(=O)=O)c(=O)n(C)c1=O. The Morgan fingerprint density at radius 3 is 2.21 bits per heavy atom. The van der Waals surface area contributed by atoms with Crippen LogP contribution in [0.2, 0.25) is 0 Å². The first-order valence-electron chi connectivity index (χ1n) is 3.54. The lowest BCUT2D eigenvalue weighted by molar-refractivity contribution is 0.586. The highest BCUT2D eigenvalue weighted by Crippen LogP contribution is 1.94. The van der Waals surface area contributed by atoms with Gasteiger partial charge in [0.1, 0.15) is 0 Å². The fourth-order valence-corrected chi connectivity index (χ4v) is 1.66. The first kappa shape index (κ1) is 10.7. The molecule has 0 aliphatic heterocycles. The molecule has 1 rings (SSSR count). The predicted octanol–water partition coefficient (Wildman–Crippen LogP) is -2.27. The van der Waals surface area contributed by atoms with Crippen molar-refractivity contribution in [1.29, 1.82) is 0 Å². The Hall–Kier alpha value is -1.41. The number of aryl methyl sites for hydroxylation is 1. The van der Waals surface area contributed by atoms with Gasteiger partial charge in [0.2, 0.25) is 10.0 Å². The van der Waals surface area contributed by atoms with Crippen molar-refractivity contribution in [1.82, 2.24) is 9.13 Å². The van der Waals surface area contributed by atoms with Crippen molar-refractivity contribution in [2.45, 2.75) is 4.90 Å². The second-order valence-corrected chi connectivity index (χ2v) is 4.33. The molecule has 0 aliphatic carbocycles. The number of nitrogens with zero attached hydrogens (tertiary/aromatic N) is 2. The van der Waals surface area contributed by atoms with Crippen LogP contribution in [0.1, 0.15) is 0 Å². The topological polar surface area (TPSA) is 104 Å². The monoisotopic (exact) mass is 219 g/mol. The summed E-state index contributed by atoms with van der Waals surface area (Å²) in [6.45, 7) is 0. The van der Waals surface area contributed by atoms with Gasteiger partial charge < -0.3 is 4.57 Å². The van der Waals surface area contributed by atoms with Crippen LogP contribution in [0.4, 0.5) is 0 Å². The number of primary sulfonamides is 1. The Kier molecular flexibility index (Phi) is 2.34. The summed E-state index contributed by atoms with van der Waals surface area (Å²) in [6.07, 6.45) is 0.903. The number of hydrogen-bond donors (Lipinski definition) is 1. The summed E-state index contributed by atoms with van der Waals surface area (Å²) < 4.78 is 23.5. The van der Waals surface area contributed by atoms with E-state index in [1.54, 1.807) is 0 Å². The lowest BCUT2D eigenvalue weighted by Crippen LogP contribution is -2.40. The van der Waals surface area contributed by atoms with E-state index in [1.165, 1.54) is 14.1 Å². The molecule has 2 N–H and O–H groups in total. The molecule has 0 unspecified atom stereocenters. The average molecular weight is 219 g/mol. The summed E-state index contributed by atoms with van der Waals surface area (Å²) in [7, 11) is -1.58. The van der Waals surface area contributed by atoms with Crippen molar-refractivity contribution in [2.24, 2.45) is 19.2 Å². The van der Waals surface area contributed by atoms with Crippen LogP contribution >= 0.6 is 0 Å². The average Bonchev–Trinajstić information content (AvgIpc) is 2.06. The molecule has 0 saturated carbocycles. The molecule has 78 valence electrons. The number of sulfonamides is 1. The smallest absolute Gasteiger partial charge is 0.302 e. The molecule has 8 heteroatoms.